The highest BCUT2D eigenvalue weighted by atomic mass is 79.9. The van der Waals surface area contributed by atoms with E-state index in [9.17, 15) is 9.18 Å². The minimum absolute atomic E-state index is 0.0365. The highest BCUT2D eigenvalue weighted by Gasteiger charge is 2.16. The monoisotopic (exact) mass is 344 g/mol. The lowest BCUT2D eigenvalue weighted by atomic mass is 10.1. The molecule has 2 N–H and O–H groups in total. The number of nitrogens with one attached hydrogen (secondary N) is 2. The van der Waals surface area contributed by atoms with E-state index in [-0.39, 0.29) is 11.7 Å². The van der Waals surface area contributed by atoms with Crippen molar-refractivity contribution in [2.45, 2.75) is 18.9 Å². The van der Waals surface area contributed by atoms with Crippen molar-refractivity contribution in [2.24, 2.45) is 0 Å². The summed E-state index contributed by atoms with van der Waals surface area (Å²) in [4.78, 5) is 11.9. The molecule has 1 aromatic carbocycles. The van der Waals surface area contributed by atoms with Gasteiger partial charge >= 0.3 is 0 Å². The first-order valence-corrected chi connectivity index (χ1v) is 7.52. The Morgan fingerprint density at radius 2 is 2.20 bits per heavy atom. The predicted molar refractivity (Wildman–Crippen MR) is 78.3 cm³/mol. The van der Waals surface area contributed by atoms with E-state index in [0.717, 1.165) is 25.9 Å². The lowest BCUT2D eigenvalue weighted by molar-refractivity contribution is 0.0343. The molecule has 2 rings (SSSR count). The normalized spacial score (nSPS) is 16.1. The summed E-state index contributed by atoms with van der Waals surface area (Å²) in [5.41, 5.74) is 0.0365. The number of rotatable bonds is 5. The van der Waals surface area contributed by atoms with Gasteiger partial charge in [0.05, 0.1) is 18.3 Å². The van der Waals surface area contributed by atoms with Gasteiger partial charge in [0.15, 0.2) is 0 Å². The molecule has 4 nitrogen and oxygen atoms in total. The number of hydrogen-bond acceptors (Lipinski definition) is 3. The number of piperidine rings is 1. The molecule has 1 aromatic rings. The molecule has 0 aliphatic carbocycles. The first-order chi connectivity index (χ1) is 9.68. The average molecular weight is 345 g/mol. The zero-order valence-corrected chi connectivity index (χ0v) is 12.7. The Morgan fingerprint density at radius 3 is 2.90 bits per heavy atom. The first-order valence-electron chi connectivity index (χ1n) is 6.73. The van der Waals surface area contributed by atoms with E-state index in [1.54, 1.807) is 12.1 Å². The average Bonchev–Trinajstić information content (AvgIpc) is 2.44. The van der Waals surface area contributed by atoms with Crippen LogP contribution in [0.25, 0.3) is 0 Å². The third-order valence-electron chi connectivity index (χ3n) is 3.22. The van der Waals surface area contributed by atoms with Gasteiger partial charge in [0.25, 0.3) is 5.91 Å². The molecule has 0 spiro atoms. The van der Waals surface area contributed by atoms with Gasteiger partial charge in [-0.25, -0.2) is 4.39 Å². The van der Waals surface area contributed by atoms with Crippen LogP contribution in [-0.4, -0.2) is 38.3 Å². The lowest BCUT2D eigenvalue weighted by Crippen LogP contribution is -2.35. The molecule has 0 aromatic heterocycles. The van der Waals surface area contributed by atoms with E-state index in [0.29, 0.717) is 17.6 Å². The summed E-state index contributed by atoms with van der Waals surface area (Å²) in [6.45, 7) is 2.77. The van der Waals surface area contributed by atoms with Crippen molar-refractivity contribution >= 4 is 21.8 Å². The Bertz CT molecular complexity index is 444. The van der Waals surface area contributed by atoms with Gasteiger partial charge in [-0.3, -0.25) is 4.79 Å². The van der Waals surface area contributed by atoms with Crippen LogP contribution in [0, 0.1) is 5.82 Å². The number of carbonyl (C=O) groups is 1. The van der Waals surface area contributed by atoms with Crippen LogP contribution in [0.1, 0.15) is 23.2 Å². The lowest BCUT2D eigenvalue weighted by Gasteiger charge is -2.22. The van der Waals surface area contributed by atoms with Crippen molar-refractivity contribution in [1.29, 1.82) is 0 Å². The van der Waals surface area contributed by atoms with Crippen LogP contribution in [0.4, 0.5) is 4.39 Å². The highest BCUT2D eigenvalue weighted by molar-refractivity contribution is 9.10. The Kier molecular flexibility index (Phi) is 5.94. The summed E-state index contributed by atoms with van der Waals surface area (Å²) >= 11 is 3.18. The maximum absolute atomic E-state index is 13.6. The minimum atomic E-state index is -0.531. The van der Waals surface area contributed by atoms with E-state index in [2.05, 4.69) is 26.6 Å². The number of hydrogen-bond donors (Lipinski definition) is 2. The zero-order chi connectivity index (χ0) is 14.4. The van der Waals surface area contributed by atoms with Gasteiger partial charge in [0.1, 0.15) is 5.82 Å². The van der Waals surface area contributed by atoms with Crippen LogP contribution in [0.2, 0.25) is 0 Å². The molecule has 1 aliphatic rings. The fraction of sp³-hybridized carbons (Fsp3) is 0.500. The molecule has 6 heteroatoms. The van der Waals surface area contributed by atoms with Crippen LogP contribution in [0.5, 0.6) is 0 Å². The standard InChI is InChI=1S/C14H18BrFN2O2/c15-11-2-1-3-12(16)13(11)14(19)18-8-9-20-10-4-6-17-7-5-10/h1-3,10,17H,4-9H2,(H,18,19). The largest absolute Gasteiger partial charge is 0.376 e. The van der Waals surface area contributed by atoms with Crippen LogP contribution in [0.3, 0.4) is 0 Å². The van der Waals surface area contributed by atoms with E-state index in [1.807, 2.05) is 0 Å². The Morgan fingerprint density at radius 1 is 1.45 bits per heavy atom. The summed E-state index contributed by atoms with van der Waals surface area (Å²) in [6, 6.07) is 4.46. The first kappa shape index (κ1) is 15.4. The molecule has 0 radical (unpaired) electrons. The van der Waals surface area contributed by atoms with E-state index >= 15 is 0 Å². The number of benzene rings is 1. The van der Waals surface area contributed by atoms with Crippen LogP contribution in [-0.2, 0) is 4.74 Å². The SMILES string of the molecule is O=C(NCCOC1CCNCC1)c1c(F)cccc1Br. The molecule has 110 valence electrons. The number of amides is 1. The summed E-state index contributed by atoms with van der Waals surface area (Å²) in [5, 5.41) is 5.93. The number of carbonyl (C=O) groups excluding carboxylic acids is 1. The summed E-state index contributed by atoms with van der Waals surface area (Å²) < 4.78 is 19.7. The topological polar surface area (TPSA) is 50.4 Å². The maximum atomic E-state index is 13.6. The molecule has 0 atom stereocenters. The van der Waals surface area contributed by atoms with E-state index in [1.165, 1.54) is 6.07 Å². The second-order valence-electron chi connectivity index (χ2n) is 4.67. The summed E-state index contributed by atoms with van der Waals surface area (Å²) in [5.74, 6) is -0.958. The Hall–Kier alpha value is -0.980. The van der Waals surface area contributed by atoms with Crippen molar-refractivity contribution in [3.8, 4) is 0 Å². The summed E-state index contributed by atoms with van der Waals surface area (Å²) in [7, 11) is 0. The fourth-order valence-electron chi connectivity index (χ4n) is 2.16. The second-order valence-corrected chi connectivity index (χ2v) is 5.53. The molecule has 1 aliphatic heterocycles. The molecule has 1 fully saturated rings. The van der Waals surface area contributed by atoms with Crippen molar-refractivity contribution < 1.29 is 13.9 Å². The quantitative estimate of drug-likeness (QED) is 0.804. The van der Waals surface area contributed by atoms with Crippen molar-refractivity contribution in [2.75, 3.05) is 26.2 Å². The molecule has 1 heterocycles. The van der Waals surface area contributed by atoms with Gasteiger partial charge in [-0.05, 0) is 54.0 Å². The van der Waals surface area contributed by atoms with Crippen molar-refractivity contribution in [3.63, 3.8) is 0 Å². The minimum Gasteiger partial charge on any atom is -0.376 e. The van der Waals surface area contributed by atoms with Gasteiger partial charge in [0.2, 0.25) is 0 Å². The molecular weight excluding hydrogens is 327 g/mol. The molecule has 0 saturated carbocycles. The fourth-order valence-corrected chi connectivity index (χ4v) is 2.68. The molecule has 0 unspecified atom stereocenters. The van der Waals surface area contributed by atoms with Crippen molar-refractivity contribution in [3.05, 3.63) is 34.1 Å². The molecular formula is C14H18BrFN2O2. The van der Waals surface area contributed by atoms with Crippen LogP contribution in [0.15, 0.2) is 22.7 Å². The molecule has 0 bridgehead atoms. The van der Waals surface area contributed by atoms with Gasteiger partial charge in [-0.1, -0.05) is 6.07 Å². The molecule has 1 saturated heterocycles. The van der Waals surface area contributed by atoms with Gasteiger partial charge in [0, 0.05) is 11.0 Å². The Balaban J connectivity index is 1.75. The molecule has 1 amide bonds. The zero-order valence-electron chi connectivity index (χ0n) is 11.1. The van der Waals surface area contributed by atoms with Gasteiger partial charge in [-0.2, -0.15) is 0 Å². The van der Waals surface area contributed by atoms with Crippen molar-refractivity contribution in [1.82, 2.24) is 10.6 Å². The predicted octanol–water partition coefficient (Wildman–Crippen LogP) is 2.09. The van der Waals surface area contributed by atoms with E-state index in [4.69, 9.17) is 4.74 Å². The third-order valence-corrected chi connectivity index (χ3v) is 3.88. The summed E-state index contributed by atoms with van der Waals surface area (Å²) in [6.07, 6.45) is 2.24. The highest BCUT2D eigenvalue weighted by Crippen LogP contribution is 2.19. The molecule has 20 heavy (non-hydrogen) atoms. The van der Waals surface area contributed by atoms with Gasteiger partial charge in [-0.15, -0.1) is 0 Å². The van der Waals surface area contributed by atoms with Gasteiger partial charge < -0.3 is 15.4 Å². The van der Waals surface area contributed by atoms with Crippen LogP contribution >= 0.6 is 15.9 Å². The smallest absolute Gasteiger partial charge is 0.255 e. The number of ether oxygens (including phenoxy) is 1. The second kappa shape index (κ2) is 7.71. The number of halogens is 2. The van der Waals surface area contributed by atoms with Crippen LogP contribution < -0.4 is 10.6 Å². The van der Waals surface area contributed by atoms with E-state index < -0.39 is 11.7 Å². The Labute approximate surface area is 126 Å². The maximum Gasteiger partial charge on any atom is 0.255 e. The third kappa shape index (κ3) is 4.26.